The minimum Gasteiger partial charge on any atom is -0.327 e. The summed E-state index contributed by atoms with van der Waals surface area (Å²) in [5, 5.41) is 0. The quantitative estimate of drug-likeness (QED) is 0.726. The maximum atomic E-state index is 12.1. The van der Waals surface area contributed by atoms with Gasteiger partial charge in [0, 0.05) is 26.7 Å². The number of rotatable bonds is 3. The van der Waals surface area contributed by atoms with E-state index < -0.39 is 0 Å². The predicted molar refractivity (Wildman–Crippen MR) is 67.5 cm³/mol. The number of piperidine rings is 1. The second-order valence-corrected chi connectivity index (χ2v) is 5.37. The number of hydrogen-bond donors (Lipinski definition) is 0. The van der Waals surface area contributed by atoms with E-state index in [0.717, 1.165) is 32.5 Å². The molecule has 0 aromatic rings. The molecule has 94 valence electrons. The molecule has 0 bridgehead atoms. The molecule has 0 saturated carbocycles. The first-order valence-corrected chi connectivity index (χ1v) is 6.54. The van der Waals surface area contributed by atoms with Gasteiger partial charge in [0.15, 0.2) is 0 Å². The molecule has 1 rings (SSSR count). The van der Waals surface area contributed by atoms with Crippen LogP contribution < -0.4 is 0 Å². The van der Waals surface area contributed by atoms with Crippen LogP contribution in [0.2, 0.25) is 0 Å². The molecule has 0 aromatic carbocycles. The van der Waals surface area contributed by atoms with Crippen LogP contribution in [0.4, 0.5) is 4.79 Å². The van der Waals surface area contributed by atoms with Gasteiger partial charge in [0.05, 0.1) is 0 Å². The van der Waals surface area contributed by atoms with E-state index in [-0.39, 0.29) is 6.03 Å². The molecule has 2 amide bonds. The smallest absolute Gasteiger partial charge is 0.319 e. The monoisotopic (exact) mass is 226 g/mol. The zero-order chi connectivity index (χ0) is 12.1. The highest BCUT2D eigenvalue weighted by molar-refractivity contribution is 5.74. The van der Waals surface area contributed by atoms with E-state index in [4.69, 9.17) is 0 Å². The summed E-state index contributed by atoms with van der Waals surface area (Å²) < 4.78 is 0. The third kappa shape index (κ3) is 3.69. The Hall–Kier alpha value is -0.730. The molecule has 1 fully saturated rings. The summed E-state index contributed by atoms with van der Waals surface area (Å²) in [5.74, 6) is 1.26. The average molecular weight is 226 g/mol. The van der Waals surface area contributed by atoms with Crippen molar-refractivity contribution in [1.29, 1.82) is 0 Å². The molecule has 2 atom stereocenters. The van der Waals surface area contributed by atoms with E-state index in [0.29, 0.717) is 11.8 Å². The molecule has 0 aliphatic carbocycles. The van der Waals surface area contributed by atoms with Crippen LogP contribution in [0.5, 0.6) is 0 Å². The van der Waals surface area contributed by atoms with Crippen LogP contribution in [0, 0.1) is 11.8 Å². The van der Waals surface area contributed by atoms with Crippen molar-refractivity contribution < 1.29 is 4.79 Å². The third-order valence-corrected chi connectivity index (χ3v) is 3.54. The van der Waals surface area contributed by atoms with Crippen molar-refractivity contribution in [2.75, 3.05) is 26.7 Å². The molecule has 0 spiro atoms. The molecule has 16 heavy (non-hydrogen) atoms. The van der Waals surface area contributed by atoms with Crippen molar-refractivity contribution in [2.24, 2.45) is 11.8 Å². The zero-order valence-electron chi connectivity index (χ0n) is 11.2. The summed E-state index contributed by atoms with van der Waals surface area (Å²) in [5.41, 5.74) is 0. The van der Waals surface area contributed by atoms with Crippen molar-refractivity contribution in [2.45, 2.75) is 40.0 Å². The van der Waals surface area contributed by atoms with Crippen molar-refractivity contribution in [3.05, 3.63) is 0 Å². The van der Waals surface area contributed by atoms with Gasteiger partial charge >= 0.3 is 6.03 Å². The lowest BCUT2D eigenvalue weighted by Crippen LogP contribution is -2.46. The fourth-order valence-electron chi connectivity index (χ4n) is 2.28. The van der Waals surface area contributed by atoms with Crippen molar-refractivity contribution in [1.82, 2.24) is 9.80 Å². The molecule has 3 heteroatoms. The van der Waals surface area contributed by atoms with Gasteiger partial charge in [-0.1, -0.05) is 27.2 Å². The van der Waals surface area contributed by atoms with Gasteiger partial charge in [0.1, 0.15) is 0 Å². The highest BCUT2D eigenvalue weighted by Crippen LogP contribution is 2.17. The summed E-state index contributed by atoms with van der Waals surface area (Å²) in [7, 11) is 1.92. The minimum absolute atomic E-state index is 0.215. The van der Waals surface area contributed by atoms with Gasteiger partial charge in [-0.05, 0) is 24.7 Å². The predicted octanol–water partition coefficient (Wildman–Crippen LogP) is 2.82. The lowest BCUT2D eigenvalue weighted by molar-refractivity contribution is 0.134. The van der Waals surface area contributed by atoms with Crippen molar-refractivity contribution >= 4 is 6.03 Å². The normalized spacial score (nSPS) is 23.0. The third-order valence-electron chi connectivity index (χ3n) is 3.54. The first kappa shape index (κ1) is 13.3. The molecule has 1 aliphatic rings. The average Bonchev–Trinajstić information content (AvgIpc) is 2.27. The second kappa shape index (κ2) is 6.12. The Kier molecular flexibility index (Phi) is 5.10. The lowest BCUT2D eigenvalue weighted by Gasteiger charge is -2.34. The Bertz CT molecular complexity index is 230. The number of hydrogen-bond acceptors (Lipinski definition) is 1. The first-order chi connectivity index (χ1) is 7.54. The van der Waals surface area contributed by atoms with Gasteiger partial charge in [-0.15, -0.1) is 0 Å². The van der Waals surface area contributed by atoms with Gasteiger partial charge in [-0.3, -0.25) is 0 Å². The molecule has 0 aromatic heterocycles. The summed E-state index contributed by atoms with van der Waals surface area (Å²) in [6, 6.07) is 0.215. The molecule has 0 radical (unpaired) electrons. The number of likely N-dealkylation sites (tertiary alicyclic amines) is 1. The Morgan fingerprint density at radius 3 is 2.81 bits per heavy atom. The largest absolute Gasteiger partial charge is 0.327 e. The van der Waals surface area contributed by atoms with Crippen LogP contribution in [-0.4, -0.2) is 42.5 Å². The van der Waals surface area contributed by atoms with Crippen LogP contribution in [0.15, 0.2) is 0 Å². The van der Waals surface area contributed by atoms with Gasteiger partial charge in [0.25, 0.3) is 0 Å². The van der Waals surface area contributed by atoms with Crippen LogP contribution >= 0.6 is 0 Å². The summed E-state index contributed by atoms with van der Waals surface area (Å²) in [4.78, 5) is 16.0. The highest BCUT2D eigenvalue weighted by atomic mass is 16.2. The van der Waals surface area contributed by atoms with Gasteiger partial charge in [-0.25, -0.2) is 4.79 Å². The maximum absolute atomic E-state index is 12.1. The molecular formula is C13H26N2O. The second-order valence-electron chi connectivity index (χ2n) is 5.37. The molecule has 0 N–H and O–H groups in total. The Morgan fingerprint density at radius 1 is 1.56 bits per heavy atom. The fraction of sp³-hybridized carbons (Fsp3) is 0.923. The maximum Gasteiger partial charge on any atom is 0.319 e. The van der Waals surface area contributed by atoms with Crippen LogP contribution in [0.3, 0.4) is 0 Å². The summed E-state index contributed by atoms with van der Waals surface area (Å²) in [6.45, 7) is 9.35. The van der Waals surface area contributed by atoms with Gasteiger partial charge in [0.2, 0.25) is 0 Å². The topological polar surface area (TPSA) is 23.6 Å². The van der Waals surface area contributed by atoms with Gasteiger partial charge < -0.3 is 9.80 Å². The molecule has 3 nitrogen and oxygen atoms in total. The minimum atomic E-state index is 0.215. The number of carbonyl (C=O) groups is 1. The first-order valence-electron chi connectivity index (χ1n) is 6.54. The SMILES string of the molecule is CCC(C)CN(C)C(=O)N1CCCC(C)C1. The number of nitrogens with zero attached hydrogens (tertiary/aromatic N) is 2. The van der Waals surface area contributed by atoms with Crippen molar-refractivity contribution in [3.8, 4) is 0 Å². The molecule has 1 saturated heterocycles. The molecule has 1 aliphatic heterocycles. The summed E-state index contributed by atoms with van der Waals surface area (Å²) in [6.07, 6.45) is 3.55. The van der Waals surface area contributed by atoms with Crippen LogP contribution in [0.25, 0.3) is 0 Å². The lowest BCUT2D eigenvalue weighted by atomic mass is 10.0. The Balaban J connectivity index is 2.43. The number of amides is 2. The van der Waals surface area contributed by atoms with Crippen LogP contribution in [-0.2, 0) is 0 Å². The molecule has 1 heterocycles. The van der Waals surface area contributed by atoms with E-state index in [1.54, 1.807) is 0 Å². The van der Waals surface area contributed by atoms with E-state index in [1.807, 2.05) is 16.8 Å². The zero-order valence-corrected chi connectivity index (χ0v) is 11.2. The van der Waals surface area contributed by atoms with E-state index in [2.05, 4.69) is 20.8 Å². The summed E-state index contributed by atoms with van der Waals surface area (Å²) >= 11 is 0. The van der Waals surface area contributed by atoms with E-state index in [1.165, 1.54) is 6.42 Å². The van der Waals surface area contributed by atoms with Crippen molar-refractivity contribution in [3.63, 3.8) is 0 Å². The number of carbonyl (C=O) groups excluding carboxylic acids is 1. The highest BCUT2D eigenvalue weighted by Gasteiger charge is 2.23. The van der Waals surface area contributed by atoms with E-state index in [9.17, 15) is 4.79 Å². The number of urea groups is 1. The van der Waals surface area contributed by atoms with Crippen LogP contribution in [0.1, 0.15) is 40.0 Å². The van der Waals surface area contributed by atoms with E-state index >= 15 is 0 Å². The Labute approximate surface area is 99.8 Å². The molecular weight excluding hydrogens is 200 g/mol. The fourth-order valence-corrected chi connectivity index (χ4v) is 2.28. The van der Waals surface area contributed by atoms with Gasteiger partial charge in [-0.2, -0.15) is 0 Å². The molecule has 2 unspecified atom stereocenters. The standard InChI is InChI=1S/C13H26N2O/c1-5-11(2)9-14(4)13(16)15-8-6-7-12(3)10-15/h11-12H,5-10H2,1-4H3. The Morgan fingerprint density at radius 2 is 2.25 bits per heavy atom.